The molecule has 1 aromatic rings. The van der Waals surface area contributed by atoms with Crippen LogP contribution in [-0.2, 0) is 14.3 Å². The average molecular weight is 344 g/mol. The smallest absolute Gasteiger partial charge is 0.246 e. The molecule has 0 unspecified atom stereocenters. The van der Waals surface area contributed by atoms with Crippen LogP contribution in [-0.4, -0.2) is 90.5 Å². The minimum Gasteiger partial charge on any atom is -0.379 e. The SMILES string of the molecule is O=C(/C=C/c1ccncc1)N1CCN(C(=O)CN2CCOCC2)CC1. The number of carbonyl (C=O) groups is 2. The molecule has 0 N–H and O–H groups in total. The zero-order chi connectivity index (χ0) is 17.5. The molecule has 2 saturated heterocycles. The third-order valence-electron chi connectivity index (χ3n) is 4.53. The quantitative estimate of drug-likeness (QED) is 0.725. The molecule has 3 heterocycles. The highest BCUT2D eigenvalue weighted by Crippen LogP contribution is 2.07. The highest BCUT2D eigenvalue weighted by molar-refractivity contribution is 5.92. The van der Waals surface area contributed by atoms with Crippen molar-refractivity contribution in [1.82, 2.24) is 19.7 Å². The molecule has 0 saturated carbocycles. The van der Waals surface area contributed by atoms with Crippen LogP contribution in [0.5, 0.6) is 0 Å². The summed E-state index contributed by atoms with van der Waals surface area (Å²) in [6.07, 6.45) is 6.77. The first-order valence-electron chi connectivity index (χ1n) is 8.67. The molecule has 134 valence electrons. The van der Waals surface area contributed by atoms with E-state index in [-0.39, 0.29) is 11.8 Å². The van der Waals surface area contributed by atoms with Gasteiger partial charge in [-0.25, -0.2) is 0 Å². The molecule has 7 nitrogen and oxygen atoms in total. The maximum atomic E-state index is 12.4. The van der Waals surface area contributed by atoms with Crippen LogP contribution in [0.4, 0.5) is 0 Å². The number of hydrogen-bond donors (Lipinski definition) is 0. The van der Waals surface area contributed by atoms with E-state index in [0.29, 0.717) is 45.9 Å². The number of hydrogen-bond acceptors (Lipinski definition) is 5. The standard InChI is InChI=1S/C18H24N4O3/c23-17(2-1-16-3-5-19-6-4-16)21-7-9-22(10-8-21)18(24)15-20-11-13-25-14-12-20/h1-6H,7-15H2/b2-1+. The number of ether oxygens (including phenoxy) is 1. The number of piperazine rings is 1. The minimum atomic E-state index is -0.0166. The van der Waals surface area contributed by atoms with Crippen LogP contribution in [0.3, 0.4) is 0 Å². The van der Waals surface area contributed by atoms with Crippen molar-refractivity contribution in [3.63, 3.8) is 0 Å². The van der Waals surface area contributed by atoms with Crippen molar-refractivity contribution < 1.29 is 14.3 Å². The van der Waals surface area contributed by atoms with Crippen molar-refractivity contribution in [3.05, 3.63) is 36.2 Å². The van der Waals surface area contributed by atoms with Crippen LogP contribution in [0.1, 0.15) is 5.56 Å². The molecule has 3 rings (SSSR count). The topological polar surface area (TPSA) is 66.0 Å². The Hall–Kier alpha value is -2.25. The lowest BCUT2D eigenvalue weighted by atomic mass is 10.2. The summed E-state index contributed by atoms with van der Waals surface area (Å²) >= 11 is 0. The number of morpholine rings is 1. The molecule has 2 amide bonds. The molecular formula is C18H24N4O3. The van der Waals surface area contributed by atoms with Gasteiger partial charge >= 0.3 is 0 Å². The summed E-state index contributed by atoms with van der Waals surface area (Å²) in [4.78, 5) is 34.4. The second kappa shape index (κ2) is 8.73. The van der Waals surface area contributed by atoms with E-state index in [1.807, 2.05) is 17.0 Å². The summed E-state index contributed by atoms with van der Waals surface area (Å²) in [5, 5.41) is 0. The Morgan fingerprint density at radius 1 is 1.00 bits per heavy atom. The molecule has 2 fully saturated rings. The predicted octanol–water partition coefficient (Wildman–Crippen LogP) is 0.0978. The first kappa shape index (κ1) is 17.6. The number of carbonyl (C=O) groups excluding carboxylic acids is 2. The van der Waals surface area contributed by atoms with Crippen molar-refractivity contribution >= 4 is 17.9 Å². The maximum Gasteiger partial charge on any atom is 0.246 e. The monoisotopic (exact) mass is 344 g/mol. The van der Waals surface area contributed by atoms with E-state index in [4.69, 9.17) is 4.74 Å². The minimum absolute atomic E-state index is 0.0166. The van der Waals surface area contributed by atoms with Crippen LogP contribution in [0.25, 0.3) is 6.08 Å². The number of aromatic nitrogens is 1. The van der Waals surface area contributed by atoms with Crippen molar-refractivity contribution in [2.45, 2.75) is 0 Å². The molecule has 25 heavy (non-hydrogen) atoms. The first-order chi connectivity index (χ1) is 12.2. The van der Waals surface area contributed by atoms with E-state index in [1.165, 1.54) is 0 Å². The van der Waals surface area contributed by atoms with Crippen molar-refractivity contribution in [2.75, 3.05) is 59.0 Å². The number of rotatable bonds is 4. The predicted molar refractivity (Wildman–Crippen MR) is 93.7 cm³/mol. The van der Waals surface area contributed by atoms with Crippen LogP contribution in [0.15, 0.2) is 30.6 Å². The molecule has 0 aliphatic carbocycles. The molecule has 0 atom stereocenters. The maximum absolute atomic E-state index is 12.4. The number of amides is 2. The Bertz CT molecular complexity index is 606. The second-order valence-electron chi connectivity index (χ2n) is 6.21. The highest BCUT2D eigenvalue weighted by Gasteiger charge is 2.24. The highest BCUT2D eigenvalue weighted by atomic mass is 16.5. The molecule has 7 heteroatoms. The van der Waals surface area contributed by atoms with Gasteiger partial charge in [-0.05, 0) is 23.8 Å². The normalized spacial score (nSPS) is 19.4. The lowest BCUT2D eigenvalue weighted by Crippen LogP contribution is -2.53. The van der Waals surface area contributed by atoms with Gasteiger partial charge in [-0.3, -0.25) is 19.5 Å². The van der Waals surface area contributed by atoms with E-state index in [9.17, 15) is 9.59 Å². The molecular weight excluding hydrogens is 320 g/mol. The molecule has 2 aliphatic heterocycles. The van der Waals surface area contributed by atoms with Crippen LogP contribution >= 0.6 is 0 Å². The van der Waals surface area contributed by atoms with Crippen LogP contribution in [0.2, 0.25) is 0 Å². The summed E-state index contributed by atoms with van der Waals surface area (Å²) in [6, 6.07) is 3.71. The third-order valence-corrected chi connectivity index (χ3v) is 4.53. The van der Waals surface area contributed by atoms with Crippen molar-refractivity contribution in [3.8, 4) is 0 Å². The molecule has 0 aromatic carbocycles. The Morgan fingerprint density at radius 3 is 2.32 bits per heavy atom. The van der Waals surface area contributed by atoms with E-state index in [2.05, 4.69) is 9.88 Å². The van der Waals surface area contributed by atoms with Gasteiger partial charge in [-0.15, -0.1) is 0 Å². The summed E-state index contributed by atoms with van der Waals surface area (Å²) in [5.74, 6) is 0.124. The van der Waals surface area contributed by atoms with Gasteiger partial charge in [0, 0.05) is 57.7 Å². The third kappa shape index (κ3) is 5.11. The Balaban J connectivity index is 1.44. The van der Waals surface area contributed by atoms with Gasteiger partial charge in [0.2, 0.25) is 11.8 Å². The lowest BCUT2D eigenvalue weighted by Gasteiger charge is -2.36. The van der Waals surface area contributed by atoms with Gasteiger partial charge < -0.3 is 14.5 Å². The van der Waals surface area contributed by atoms with Crippen LogP contribution < -0.4 is 0 Å². The van der Waals surface area contributed by atoms with Gasteiger partial charge in [0.25, 0.3) is 0 Å². The van der Waals surface area contributed by atoms with Gasteiger partial charge in [0.05, 0.1) is 19.8 Å². The van der Waals surface area contributed by atoms with E-state index in [1.54, 1.807) is 29.4 Å². The largest absolute Gasteiger partial charge is 0.379 e. The Labute approximate surface area is 147 Å². The lowest BCUT2D eigenvalue weighted by molar-refractivity contribution is -0.138. The Kier molecular flexibility index (Phi) is 6.14. The van der Waals surface area contributed by atoms with Gasteiger partial charge in [0.1, 0.15) is 0 Å². The molecule has 1 aromatic heterocycles. The van der Waals surface area contributed by atoms with Gasteiger partial charge in [0.15, 0.2) is 0 Å². The first-order valence-corrected chi connectivity index (χ1v) is 8.67. The number of pyridine rings is 1. The average Bonchev–Trinajstić information content (AvgIpc) is 2.68. The molecule has 2 aliphatic rings. The van der Waals surface area contributed by atoms with Crippen molar-refractivity contribution in [2.24, 2.45) is 0 Å². The second-order valence-corrected chi connectivity index (χ2v) is 6.21. The van der Waals surface area contributed by atoms with Crippen molar-refractivity contribution in [1.29, 1.82) is 0 Å². The molecule has 0 bridgehead atoms. The summed E-state index contributed by atoms with van der Waals surface area (Å²) in [6.45, 7) is 5.80. The molecule has 0 spiro atoms. The summed E-state index contributed by atoms with van der Waals surface area (Å²) in [7, 11) is 0. The fourth-order valence-electron chi connectivity index (χ4n) is 2.97. The number of nitrogens with zero attached hydrogens (tertiary/aromatic N) is 4. The molecule has 0 radical (unpaired) electrons. The van der Waals surface area contributed by atoms with Gasteiger partial charge in [-0.2, -0.15) is 0 Å². The fourth-order valence-corrected chi connectivity index (χ4v) is 2.97. The fraction of sp³-hybridized carbons (Fsp3) is 0.500. The Morgan fingerprint density at radius 2 is 1.64 bits per heavy atom. The van der Waals surface area contributed by atoms with Crippen LogP contribution in [0, 0.1) is 0 Å². The summed E-state index contributed by atoms with van der Waals surface area (Å²) in [5.41, 5.74) is 0.947. The zero-order valence-corrected chi connectivity index (χ0v) is 14.3. The summed E-state index contributed by atoms with van der Waals surface area (Å²) < 4.78 is 5.30. The van der Waals surface area contributed by atoms with E-state index in [0.717, 1.165) is 18.7 Å². The zero-order valence-electron chi connectivity index (χ0n) is 14.3. The van der Waals surface area contributed by atoms with Gasteiger partial charge in [-0.1, -0.05) is 0 Å². The van der Waals surface area contributed by atoms with E-state index >= 15 is 0 Å². The van der Waals surface area contributed by atoms with E-state index < -0.39 is 0 Å².